The van der Waals surface area contributed by atoms with E-state index in [4.69, 9.17) is 11.6 Å². The van der Waals surface area contributed by atoms with E-state index in [1.165, 1.54) is 15.1 Å². The van der Waals surface area contributed by atoms with Gasteiger partial charge in [0.05, 0.1) is 10.7 Å². The van der Waals surface area contributed by atoms with Crippen LogP contribution in [0.2, 0.25) is 5.02 Å². The predicted molar refractivity (Wildman–Crippen MR) is 91.0 cm³/mol. The van der Waals surface area contributed by atoms with E-state index in [9.17, 15) is 0 Å². The van der Waals surface area contributed by atoms with E-state index < -0.39 is 0 Å². The van der Waals surface area contributed by atoms with Gasteiger partial charge < -0.3 is 5.32 Å². The number of fused-ring (bicyclic) bond motifs is 1. The Morgan fingerprint density at radius 1 is 1.14 bits per heavy atom. The quantitative estimate of drug-likeness (QED) is 0.731. The molecule has 2 aromatic heterocycles. The summed E-state index contributed by atoms with van der Waals surface area (Å²) in [5.41, 5.74) is 2.42. The fraction of sp³-hybridized carbons (Fsp3) is 0.235. The molecule has 0 radical (unpaired) electrons. The molecule has 0 atom stereocenters. The minimum absolute atomic E-state index is 0.772. The minimum atomic E-state index is 0.772. The van der Waals surface area contributed by atoms with E-state index in [1.54, 1.807) is 11.3 Å². The first kappa shape index (κ1) is 14.5. The van der Waals surface area contributed by atoms with Gasteiger partial charge in [-0.3, -0.25) is 4.98 Å². The second kappa shape index (κ2) is 6.56. The van der Waals surface area contributed by atoms with Gasteiger partial charge in [-0.2, -0.15) is 0 Å². The van der Waals surface area contributed by atoms with Crippen LogP contribution in [0.4, 0.5) is 0 Å². The maximum absolute atomic E-state index is 6.45. The van der Waals surface area contributed by atoms with Gasteiger partial charge in [0.15, 0.2) is 0 Å². The summed E-state index contributed by atoms with van der Waals surface area (Å²) in [7, 11) is 0. The molecule has 3 aromatic rings. The molecule has 0 amide bonds. The average Bonchev–Trinajstić information content (AvgIpc) is 2.85. The van der Waals surface area contributed by atoms with E-state index in [-0.39, 0.29) is 0 Å². The predicted octanol–water partition coefficient (Wildman–Crippen LogP) is 4.80. The normalized spacial score (nSPS) is 11.1. The summed E-state index contributed by atoms with van der Waals surface area (Å²) < 4.78 is 1.24. The smallest absolute Gasteiger partial charge is 0.0636 e. The zero-order valence-electron chi connectivity index (χ0n) is 11.9. The SMILES string of the molecule is CCc1cccnc1CNCc1sc2ccccc2c1Cl. The highest BCUT2D eigenvalue weighted by atomic mass is 35.5. The Balaban J connectivity index is 1.71. The fourth-order valence-electron chi connectivity index (χ4n) is 2.43. The van der Waals surface area contributed by atoms with Gasteiger partial charge in [0.1, 0.15) is 0 Å². The summed E-state index contributed by atoms with van der Waals surface area (Å²) in [4.78, 5) is 5.64. The van der Waals surface area contributed by atoms with Gasteiger partial charge in [-0.1, -0.05) is 42.8 Å². The molecular weight excluding hydrogens is 300 g/mol. The van der Waals surface area contributed by atoms with Crippen molar-refractivity contribution in [3.05, 3.63) is 63.8 Å². The van der Waals surface area contributed by atoms with Crippen molar-refractivity contribution in [2.24, 2.45) is 0 Å². The topological polar surface area (TPSA) is 24.9 Å². The van der Waals surface area contributed by atoms with Crippen molar-refractivity contribution in [1.82, 2.24) is 10.3 Å². The third-order valence-corrected chi connectivity index (χ3v) is 5.26. The zero-order chi connectivity index (χ0) is 14.7. The summed E-state index contributed by atoms with van der Waals surface area (Å²) in [5, 5.41) is 5.48. The lowest BCUT2D eigenvalue weighted by atomic mass is 10.1. The van der Waals surface area contributed by atoms with Crippen molar-refractivity contribution in [1.29, 1.82) is 0 Å². The molecule has 0 saturated heterocycles. The molecule has 3 rings (SSSR count). The molecule has 0 aliphatic rings. The molecule has 4 heteroatoms. The number of aryl methyl sites for hydroxylation is 1. The molecule has 1 N–H and O–H groups in total. The highest BCUT2D eigenvalue weighted by molar-refractivity contribution is 7.19. The number of hydrogen-bond acceptors (Lipinski definition) is 3. The number of aromatic nitrogens is 1. The fourth-order valence-corrected chi connectivity index (χ4v) is 3.89. The number of pyridine rings is 1. The maximum Gasteiger partial charge on any atom is 0.0636 e. The first-order valence-corrected chi connectivity index (χ1v) is 8.28. The molecule has 0 aliphatic heterocycles. The molecule has 0 aliphatic carbocycles. The molecule has 0 bridgehead atoms. The van der Waals surface area contributed by atoms with Gasteiger partial charge in [-0.25, -0.2) is 0 Å². The average molecular weight is 317 g/mol. The lowest BCUT2D eigenvalue weighted by molar-refractivity contribution is 0.680. The van der Waals surface area contributed by atoms with Gasteiger partial charge >= 0.3 is 0 Å². The van der Waals surface area contributed by atoms with Crippen LogP contribution in [-0.2, 0) is 19.5 Å². The largest absolute Gasteiger partial charge is 0.306 e. The van der Waals surface area contributed by atoms with Crippen molar-refractivity contribution in [3.63, 3.8) is 0 Å². The van der Waals surface area contributed by atoms with Crippen LogP contribution in [0.25, 0.3) is 10.1 Å². The molecule has 1 aromatic carbocycles. The highest BCUT2D eigenvalue weighted by Gasteiger charge is 2.09. The van der Waals surface area contributed by atoms with Crippen molar-refractivity contribution in [2.45, 2.75) is 26.4 Å². The number of nitrogens with one attached hydrogen (secondary N) is 1. The van der Waals surface area contributed by atoms with Crippen molar-refractivity contribution < 1.29 is 0 Å². The minimum Gasteiger partial charge on any atom is -0.306 e. The van der Waals surface area contributed by atoms with Crippen LogP contribution in [0.5, 0.6) is 0 Å². The number of thiophene rings is 1. The first-order valence-electron chi connectivity index (χ1n) is 7.09. The number of benzene rings is 1. The van der Waals surface area contributed by atoms with Crippen LogP contribution in [0.3, 0.4) is 0 Å². The summed E-state index contributed by atoms with van der Waals surface area (Å²) in [6.45, 7) is 3.70. The Morgan fingerprint density at radius 2 is 2.00 bits per heavy atom. The molecule has 2 nitrogen and oxygen atoms in total. The Hall–Kier alpha value is -1.42. The highest BCUT2D eigenvalue weighted by Crippen LogP contribution is 2.34. The molecule has 0 unspecified atom stereocenters. The van der Waals surface area contributed by atoms with Crippen molar-refractivity contribution in [3.8, 4) is 0 Å². The monoisotopic (exact) mass is 316 g/mol. The van der Waals surface area contributed by atoms with E-state index in [0.29, 0.717) is 0 Å². The van der Waals surface area contributed by atoms with Gasteiger partial charge in [0.2, 0.25) is 0 Å². The first-order chi connectivity index (χ1) is 10.3. The molecule has 21 heavy (non-hydrogen) atoms. The number of rotatable bonds is 5. The Labute approximate surface area is 133 Å². The lowest BCUT2D eigenvalue weighted by Crippen LogP contribution is -2.14. The van der Waals surface area contributed by atoms with Gasteiger partial charge in [0, 0.05) is 34.2 Å². The van der Waals surface area contributed by atoms with E-state index in [1.807, 2.05) is 24.4 Å². The Bertz CT molecular complexity index is 751. The number of halogens is 1. The van der Waals surface area contributed by atoms with Crippen LogP contribution in [-0.4, -0.2) is 4.98 Å². The van der Waals surface area contributed by atoms with Gasteiger partial charge in [-0.05, 0) is 24.1 Å². The third kappa shape index (κ3) is 3.10. The van der Waals surface area contributed by atoms with E-state index in [2.05, 4.69) is 35.4 Å². The van der Waals surface area contributed by atoms with Gasteiger partial charge in [0.25, 0.3) is 0 Å². The number of hydrogen-bond donors (Lipinski definition) is 1. The molecule has 0 fully saturated rings. The van der Waals surface area contributed by atoms with Crippen LogP contribution in [0, 0.1) is 0 Å². The molecule has 2 heterocycles. The second-order valence-corrected chi connectivity index (χ2v) is 6.42. The summed E-state index contributed by atoms with van der Waals surface area (Å²) in [5.74, 6) is 0. The maximum atomic E-state index is 6.45. The zero-order valence-corrected chi connectivity index (χ0v) is 13.5. The summed E-state index contributed by atoms with van der Waals surface area (Å²) in [6.07, 6.45) is 2.86. The van der Waals surface area contributed by atoms with Crippen LogP contribution in [0.15, 0.2) is 42.6 Å². The van der Waals surface area contributed by atoms with Crippen LogP contribution in [0.1, 0.15) is 23.1 Å². The molecule has 0 spiro atoms. The van der Waals surface area contributed by atoms with Gasteiger partial charge in [-0.15, -0.1) is 11.3 Å². The Morgan fingerprint density at radius 3 is 2.81 bits per heavy atom. The molecule has 108 valence electrons. The standard InChI is InChI=1S/C17H17ClN2S/c1-2-12-6-5-9-20-14(12)10-19-11-16-17(18)13-7-3-4-8-15(13)21-16/h3-9,19H,2,10-11H2,1H3. The summed E-state index contributed by atoms with van der Waals surface area (Å²) >= 11 is 8.21. The summed E-state index contributed by atoms with van der Waals surface area (Å²) in [6, 6.07) is 12.4. The third-order valence-electron chi connectivity index (χ3n) is 3.54. The molecular formula is C17H17ClN2S. The Kier molecular flexibility index (Phi) is 4.54. The molecule has 0 saturated carbocycles. The van der Waals surface area contributed by atoms with E-state index >= 15 is 0 Å². The number of nitrogens with zero attached hydrogens (tertiary/aromatic N) is 1. The lowest BCUT2D eigenvalue weighted by Gasteiger charge is -2.07. The second-order valence-electron chi connectivity index (χ2n) is 4.90. The van der Waals surface area contributed by atoms with Crippen molar-refractivity contribution in [2.75, 3.05) is 0 Å². The van der Waals surface area contributed by atoms with Crippen molar-refractivity contribution >= 4 is 33.0 Å². The van der Waals surface area contributed by atoms with Crippen LogP contribution >= 0.6 is 22.9 Å². The van der Waals surface area contributed by atoms with Crippen LogP contribution < -0.4 is 5.32 Å². The van der Waals surface area contributed by atoms with E-state index in [0.717, 1.165) is 35.6 Å².